The first-order chi connectivity index (χ1) is 9.21. The van der Waals surface area contributed by atoms with Gasteiger partial charge in [0, 0.05) is 19.4 Å². The lowest BCUT2D eigenvalue weighted by molar-refractivity contribution is -0.728. The Bertz CT molecular complexity index is 362. The Kier molecular flexibility index (Phi) is 5.37. The lowest BCUT2D eigenvalue weighted by Crippen LogP contribution is -2.51. The van der Waals surface area contributed by atoms with E-state index in [0.29, 0.717) is 13.1 Å². The predicted molar refractivity (Wildman–Crippen MR) is 66.1 cm³/mol. The lowest BCUT2D eigenvalue weighted by atomic mass is 10.0. The summed E-state index contributed by atoms with van der Waals surface area (Å²) >= 11 is 0. The summed E-state index contributed by atoms with van der Waals surface area (Å²) in [5.41, 5.74) is -0.671. The summed E-state index contributed by atoms with van der Waals surface area (Å²) in [5, 5.41) is 24.8. The van der Waals surface area contributed by atoms with Crippen molar-refractivity contribution in [2.24, 2.45) is 11.2 Å². The third kappa shape index (κ3) is 5.47. The number of aliphatic hydroxyl groups excluding tert-OH is 1. The number of nitrogens with zero attached hydrogens (tertiary/aromatic N) is 3. The SMILES string of the molecule is CC(ON=[N+]([O-])N1CC(CO)C1)OC(=O)OC(C)(C)C. The van der Waals surface area contributed by atoms with E-state index >= 15 is 0 Å². The molecule has 1 aliphatic rings. The number of rotatable bonds is 5. The molecule has 1 fully saturated rings. The van der Waals surface area contributed by atoms with Gasteiger partial charge in [0.05, 0.1) is 18.1 Å². The van der Waals surface area contributed by atoms with Crippen molar-refractivity contribution in [1.82, 2.24) is 5.01 Å². The van der Waals surface area contributed by atoms with Crippen LogP contribution in [0.3, 0.4) is 0 Å². The molecule has 9 nitrogen and oxygen atoms in total. The largest absolute Gasteiger partial charge is 0.569 e. The van der Waals surface area contributed by atoms with Crippen LogP contribution in [0, 0.1) is 11.1 Å². The van der Waals surface area contributed by atoms with Crippen LogP contribution in [0.2, 0.25) is 0 Å². The molecule has 1 saturated heterocycles. The Morgan fingerprint density at radius 1 is 1.55 bits per heavy atom. The highest BCUT2D eigenvalue weighted by molar-refractivity contribution is 5.60. The van der Waals surface area contributed by atoms with Gasteiger partial charge in [0.15, 0.2) is 0 Å². The monoisotopic (exact) mass is 291 g/mol. The molecule has 1 rings (SSSR count). The van der Waals surface area contributed by atoms with Crippen molar-refractivity contribution in [3.63, 3.8) is 0 Å². The molecule has 1 atom stereocenters. The van der Waals surface area contributed by atoms with Crippen LogP contribution < -0.4 is 0 Å². The first-order valence-corrected chi connectivity index (χ1v) is 6.30. The molecule has 116 valence electrons. The fourth-order valence-corrected chi connectivity index (χ4v) is 1.39. The molecular formula is C11H21N3O6. The summed E-state index contributed by atoms with van der Waals surface area (Å²) < 4.78 is 9.66. The molecule has 1 unspecified atom stereocenters. The van der Waals surface area contributed by atoms with E-state index in [-0.39, 0.29) is 17.5 Å². The summed E-state index contributed by atoms with van der Waals surface area (Å²) in [6, 6.07) is 0. The van der Waals surface area contributed by atoms with Gasteiger partial charge >= 0.3 is 6.16 Å². The van der Waals surface area contributed by atoms with Crippen LogP contribution in [0.5, 0.6) is 0 Å². The average molecular weight is 291 g/mol. The third-order valence-corrected chi connectivity index (χ3v) is 2.36. The molecule has 0 aliphatic carbocycles. The van der Waals surface area contributed by atoms with Gasteiger partial charge in [-0.25, -0.2) is 4.79 Å². The number of hydrogen-bond acceptors (Lipinski definition) is 7. The Hall–Kier alpha value is -1.77. The van der Waals surface area contributed by atoms with Gasteiger partial charge in [0.25, 0.3) is 6.29 Å². The zero-order valence-electron chi connectivity index (χ0n) is 12.1. The quantitative estimate of drug-likeness (QED) is 0.265. The molecule has 9 heteroatoms. The normalized spacial score (nSPS) is 18.2. The molecule has 0 aromatic heterocycles. The summed E-state index contributed by atoms with van der Waals surface area (Å²) in [6.45, 7) is 7.36. The van der Waals surface area contributed by atoms with Crippen LogP contribution >= 0.6 is 0 Å². The van der Waals surface area contributed by atoms with Gasteiger partial charge in [-0.05, 0) is 20.8 Å². The second kappa shape index (κ2) is 6.60. The van der Waals surface area contributed by atoms with E-state index < -0.39 is 18.0 Å². The van der Waals surface area contributed by atoms with Crippen molar-refractivity contribution in [2.75, 3.05) is 19.7 Å². The molecule has 1 aliphatic heterocycles. The highest BCUT2D eigenvalue weighted by atomic mass is 16.8. The maximum absolute atomic E-state index is 11.4. The standard InChI is InChI=1S/C11H21N3O6/c1-8(18-10(16)19-11(2,3)4)20-12-14(17)13-5-9(6-13)7-15/h8-9,15H,5-7H2,1-4H3. The second-order valence-corrected chi connectivity index (χ2v) is 5.51. The number of carbonyl (C=O) groups excluding carboxylic acids is 1. The topological polar surface area (TPSA) is 107 Å². The minimum Gasteiger partial charge on any atom is -0.569 e. The van der Waals surface area contributed by atoms with Crippen molar-refractivity contribution in [3.8, 4) is 0 Å². The number of aliphatic hydroxyl groups is 1. The first-order valence-electron chi connectivity index (χ1n) is 6.30. The Labute approximate surface area is 117 Å². The number of hydrogen-bond donors (Lipinski definition) is 1. The van der Waals surface area contributed by atoms with Crippen LogP contribution in [0.4, 0.5) is 4.79 Å². The zero-order chi connectivity index (χ0) is 15.3. The minimum atomic E-state index is -1.05. The molecule has 0 aromatic carbocycles. The maximum Gasteiger partial charge on any atom is 0.511 e. The number of ether oxygens (including phenoxy) is 2. The van der Waals surface area contributed by atoms with Gasteiger partial charge in [-0.15, -0.1) is 5.01 Å². The summed E-state index contributed by atoms with van der Waals surface area (Å²) in [4.78, 5) is 16.3. The molecule has 0 aromatic rings. The second-order valence-electron chi connectivity index (χ2n) is 5.51. The van der Waals surface area contributed by atoms with E-state index in [1.807, 2.05) is 0 Å². The van der Waals surface area contributed by atoms with Crippen molar-refractivity contribution >= 4 is 6.16 Å². The van der Waals surface area contributed by atoms with E-state index in [2.05, 4.69) is 5.28 Å². The third-order valence-electron chi connectivity index (χ3n) is 2.36. The zero-order valence-corrected chi connectivity index (χ0v) is 12.1. The molecule has 1 heterocycles. The maximum atomic E-state index is 11.4. The van der Waals surface area contributed by atoms with E-state index in [0.717, 1.165) is 0 Å². The summed E-state index contributed by atoms with van der Waals surface area (Å²) in [5.74, 6) is 0.0806. The smallest absolute Gasteiger partial charge is 0.511 e. The fraction of sp³-hybridized carbons (Fsp3) is 0.909. The minimum absolute atomic E-state index is 0.0311. The van der Waals surface area contributed by atoms with E-state index in [9.17, 15) is 10.0 Å². The number of hydrazine groups is 1. The summed E-state index contributed by atoms with van der Waals surface area (Å²) in [7, 11) is 0. The van der Waals surface area contributed by atoms with Gasteiger partial charge in [-0.3, -0.25) is 4.84 Å². The molecule has 0 saturated carbocycles. The molecule has 0 amide bonds. The molecule has 20 heavy (non-hydrogen) atoms. The van der Waals surface area contributed by atoms with E-state index in [1.54, 1.807) is 20.8 Å². The average Bonchev–Trinajstić information content (AvgIpc) is 2.22. The Balaban J connectivity index is 2.28. The van der Waals surface area contributed by atoms with Crippen molar-refractivity contribution in [3.05, 3.63) is 5.21 Å². The highest BCUT2D eigenvalue weighted by Gasteiger charge is 2.32. The highest BCUT2D eigenvalue weighted by Crippen LogP contribution is 2.15. The first kappa shape index (κ1) is 16.3. The Morgan fingerprint density at radius 3 is 2.65 bits per heavy atom. The van der Waals surface area contributed by atoms with Crippen LogP contribution in [0.25, 0.3) is 0 Å². The molecule has 0 bridgehead atoms. The van der Waals surface area contributed by atoms with Crippen LogP contribution in [0.15, 0.2) is 5.28 Å². The van der Waals surface area contributed by atoms with Crippen LogP contribution in [-0.2, 0) is 14.3 Å². The van der Waals surface area contributed by atoms with Gasteiger partial charge in [-0.1, -0.05) is 0 Å². The molecule has 0 radical (unpaired) electrons. The van der Waals surface area contributed by atoms with Gasteiger partial charge in [-0.2, -0.15) is 0 Å². The molecule has 0 spiro atoms. The molecular weight excluding hydrogens is 270 g/mol. The fourth-order valence-electron chi connectivity index (χ4n) is 1.39. The molecule has 1 N–H and O–H groups in total. The van der Waals surface area contributed by atoms with E-state index in [1.165, 1.54) is 11.9 Å². The van der Waals surface area contributed by atoms with Gasteiger partial charge < -0.3 is 19.8 Å². The Morgan fingerprint density at radius 2 is 2.15 bits per heavy atom. The number of carbonyl (C=O) groups is 1. The van der Waals surface area contributed by atoms with Crippen molar-refractivity contribution < 1.29 is 29.2 Å². The van der Waals surface area contributed by atoms with Crippen LogP contribution in [-0.4, -0.2) is 52.8 Å². The van der Waals surface area contributed by atoms with Gasteiger partial charge in [0.2, 0.25) is 5.28 Å². The predicted octanol–water partition coefficient (Wildman–Crippen LogP) is 1.02. The van der Waals surface area contributed by atoms with E-state index in [4.69, 9.17) is 19.4 Å². The summed E-state index contributed by atoms with van der Waals surface area (Å²) in [6.07, 6.45) is -1.95. The van der Waals surface area contributed by atoms with Crippen molar-refractivity contribution in [2.45, 2.75) is 39.6 Å². The van der Waals surface area contributed by atoms with Crippen molar-refractivity contribution in [1.29, 1.82) is 0 Å². The van der Waals surface area contributed by atoms with Gasteiger partial charge in [0.1, 0.15) is 5.60 Å². The lowest BCUT2D eigenvalue weighted by Gasteiger charge is -2.32. The van der Waals surface area contributed by atoms with Crippen LogP contribution in [0.1, 0.15) is 27.7 Å².